The number of carbonyl (C=O) groups is 1. The van der Waals surface area contributed by atoms with Crippen molar-refractivity contribution in [2.24, 2.45) is 0 Å². The Balaban J connectivity index is 2.18. The molecular formula is C12H14ClNO2. The summed E-state index contributed by atoms with van der Waals surface area (Å²) in [6.45, 7) is 0. The molecule has 0 aromatic heterocycles. The van der Waals surface area contributed by atoms with Gasteiger partial charge in [0.25, 0.3) is 5.91 Å². The lowest BCUT2D eigenvalue weighted by atomic mass is 10.2. The number of ether oxygens (including phenoxy) is 1. The molecule has 1 aromatic rings. The molecule has 0 atom stereocenters. The summed E-state index contributed by atoms with van der Waals surface area (Å²) in [7, 11) is 3.40. The van der Waals surface area contributed by atoms with Crippen LogP contribution in [0.2, 0.25) is 5.02 Å². The molecule has 3 nitrogen and oxygen atoms in total. The van der Waals surface area contributed by atoms with Gasteiger partial charge < -0.3 is 9.64 Å². The zero-order valence-electron chi connectivity index (χ0n) is 9.37. The van der Waals surface area contributed by atoms with E-state index < -0.39 is 0 Å². The van der Waals surface area contributed by atoms with Crippen molar-refractivity contribution >= 4 is 17.5 Å². The number of halogens is 1. The fraction of sp³-hybridized carbons (Fsp3) is 0.417. The molecular weight excluding hydrogens is 226 g/mol. The topological polar surface area (TPSA) is 29.5 Å². The molecule has 0 spiro atoms. The predicted molar refractivity (Wildman–Crippen MR) is 63.1 cm³/mol. The molecule has 1 aliphatic rings. The fourth-order valence-electron chi connectivity index (χ4n) is 1.36. The van der Waals surface area contributed by atoms with Crippen LogP contribution < -0.4 is 4.74 Å². The quantitative estimate of drug-likeness (QED) is 0.812. The van der Waals surface area contributed by atoms with E-state index in [1.165, 1.54) is 4.90 Å². The van der Waals surface area contributed by atoms with Gasteiger partial charge in [-0.15, -0.1) is 0 Å². The van der Waals surface area contributed by atoms with E-state index in [9.17, 15) is 4.79 Å². The second kappa shape index (κ2) is 4.34. The highest BCUT2D eigenvalue weighted by atomic mass is 35.5. The van der Waals surface area contributed by atoms with Gasteiger partial charge in [-0.25, -0.2) is 0 Å². The van der Waals surface area contributed by atoms with Crippen LogP contribution in [0, 0.1) is 0 Å². The Labute approximate surface area is 100.0 Å². The molecule has 1 aliphatic carbocycles. The predicted octanol–water partition coefficient (Wildman–Crippen LogP) is 2.58. The molecule has 0 bridgehead atoms. The molecule has 1 saturated carbocycles. The minimum absolute atomic E-state index is 0.0945. The zero-order valence-corrected chi connectivity index (χ0v) is 10.1. The lowest BCUT2D eigenvalue weighted by molar-refractivity contribution is 0.0828. The highest BCUT2D eigenvalue weighted by Crippen LogP contribution is 2.29. The lowest BCUT2D eigenvalue weighted by Crippen LogP contribution is -2.21. The van der Waals surface area contributed by atoms with Gasteiger partial charge in [-0.2, -0.15) is 0 Å². The van der Waals surface area contributed by atoms with E-state index in [0.29, 0.717) is 16.7 Å². The van der Waals surface area contributed by atoms with Crippen molar-refractivity contribution in [2.75, 3.05) is 14.1 Å². The van der Waals surface area contributed by atoms with E-state index in [1.807, 2.05) is 0 Å². The number of hydrogen-bond acceptors (Lipinski definition) is 2. The number of benzene rings is 1. The van der Waals surface area contributed by atoms with Crippen molar-refractivity contribution in [3.63, 3.8) is 0 Å². The average Bonchev–Trinajstić information content (AvgIpc) is 3.01. The van der Waals surface area contributed by atoms with E-state index in [2.05, 4.69) is 0 Å². The van der Waals surface area contributed by atoms with E-state index >= 15 is 0 Å². The van der Waals surface area contributed by atoms with Crippen LogP contribution in [0.4, 0.5) is 0 Å². The molecule has 0 N–H and O–H groups in total. The van der Waals surface area contributed by atoms with Gasteiger partial charge in [-0.1, -0.05) is 11.6 Å². The highest BCUT2D eigenvalue weighted by Gasteiger charge is 2.24. The van der Waals surface area contributed by atoms with Gasteiger partial charge in [0.05, 0.1) is 16.7 Å². The van der Waals surface area contributed by atoms with Crippen LogP contribution in [-0.2, 0) is 0 Å². The molecule has 0 heterocycles. The summed E-state index contributed by atoms with van der Waals surface area (Å²) in [5, 5.41) is 0.442. The van der Waals surface area contributed by atoms with E-state index in [-0.39, 0.29) is 5.91 Å². The third-order valence-corrected chi connectivity index (χ3v) is 2.72. The maximum absolute atomic E-state index is 11.7. The standard InChI is InChI=1S/C12H14ClNO2/c1-14(2)12(15)10-6-5-9(7-11(10)13)16-8-3-4-8/h5-8H,3-4H2,1-2H3. The van der Waals surface area contributed by atoms with Crippen molar-refractivity contribution in [2.45, 2.75) is 18.9 Å². The monoisotopic (exact) mass is 239 g/mol. The fourth-order valence-corrected chi connectivity index (χ4v) is 1.61. The average molecular weight is 240 g/mol. The number of hydrogen-bond donors (Lipinski definition) is 0. The van der Waals surface area contributed by atoms with Crippen LogP contribution in [0.1, 0.15) is 23.2 Å². The van der Waals surface area contributed by atoms with Gasteiger partial charge in [-0.05, 0) is 31.0 Å². The molecule has 1 aromatic carbocycles. The van der Waals surface area contributed by atoms with Crippen molar-refractivity contribution in [3.8, 4) is 5.75 Å². The first-order valence-corrected chi connectivity index (χ1v) is 5.63. The van der Waals surface area contributed by atoms with Gasteiger partial charge in [0.1, 0.15) is 5.75 Å². The van der Waals surface area contributed by atoms with Gasteiger partial charge in [-0.3, -0.25) is 4.79 Å². The summed E-state index contributed by atoms with van der Waals surface area (Å²) >= 11 is 6.04. The minimum Gasteiger partial charge on any atom is -0.490 e. The number of carbonyl (C=O) groups excluding carboxylic acids is 1. The van der Waals surface area contributed by atoms with Crippen molar-refractivity contribution in [3.05, 3.63) is 28.8 Å². The molecule has 0 saturated heterocycles. The van der Waals surface area contributed by atoms with Crippen LogP contribution in [0.25, 0.3) is 0 Å². The Morgan fingerprint density at radius 1 is 1.44 bits per heavy atom. The largest absolute Gasteiger partial charge is 0.490 e. The van der Waals surface area contributed by atoms with E-state index in [1.54, 1.807) is 32.3 Å². The maximum Gasteiger partial charge on any atom is 0.254 e. The second-order valence-corrected chi connectivity index (χ2v) is 4.57. The van der Waals surface area contributed by atoms with Gasteiger partial charge in [0.15, 0.2) is 0 Å². The third-order valence-electron chi connectivity index (χ3n) is 2.40. The van der Waals surface area contributed by atoms with Crippen LogP contribution >= 0.6 is 11.6 Å². The minimum atomic E-state index is -0.0945. The summed E-state index contributed by atoms with van der Waals surface area (Å²) in [5.41, 5.74) is 0.509. The Kier molecular flexibility index (Phi) is 3.06. The highest BCUT2D eigenvalue weighted by molar-refractivity contribution is 6.34. The smallest absolute Gasteiger partial charge is 0.254 e. The van der Waals surface area contributed by atoms with Crippen LogP contribution in [0.3, 0.4) is 0 Å². The Bertz CT molecular complexity index is 413. The molecule has 86 valence electrons. The summed E-state index contributed by atoms with van der Waals surface area (Å²) < 4.78 is 5.59. The van der Waals surface area contributed by atoms with E-state index in [4.69, 9.17) is 16.3 Å². The maximum atomic E-state index is 11.7. The summed E-state index contributed by atoms with van der Waals surface area (Å²) in [4.78, 5) is 13.2. The molecule has 4 heteroatoms. The molecule has 0 aliphatic heterocycles. The van der Waals surface area contributed by atoms with Gasteiger partial charge in [0.2, 0.25) is 0 Å². The lowest BCUT2D eigenvalue weighted by Gasteiger charge is -2.12. The molecule has 0 unspecified atom stereocenters. The van der Waals surface area contributed by atoms with Gasteiger partial charge in [0, 0.05) is 14.1 Å². The summed E-state index contributed by atoms with van der Waals surface area (Å²) in [6.07, 6.45) is 2.55. The van der Waals surface area contributed by atoms with Crippen LogP contribution in [0.15, 0.2) is 18.2 Å². The summed E-state index contributed by atoms with van der Waals surface area (Å²) in [6, 6.07) is 5.21. The van der Waals surface area contributed by atoms with Crippen LogP contribution in [0.5, 0.6) is 5.75 Å². The van der Waals surface area contributed by atoms with Crippen molar-refractivity contribution in [1.82, 2.24) is 4.90 Å². The first-order chi connectivity index (χ1) is 7.58. The number of amides is 1. The molecule has 0 radical (unpaired) electrons. The Hall–Kier alpha value is -1.22. The third kappa shape index (κ3) is 2.47. The first-order valence-electron chi connectivity index (χ1n) is 5.26. The number of nitrogens with zero attached hydrogens (tertiary/aromatic N) is 1. The SMILES string of the molecule is CN(C)C(=O)c1ccc(OC2CC2)cc1Cl. The van der Waals surface area contributed by atoms with Crippen LogP contribution in [-0.4, -0.2) is 31.0 Å². The molecule has 1 amide bonds. The van der Waals surface area contributed by atoms with Crippen molar-refractivity contribution in [1.29, 1.82) is 0 Å². The molecule has 16 heavy (non-hydrogen) atoms. The van der Waals surface area contributed by atoms with E-state index in [0.717, 1.165) is 18.6 Å². The Morgan fingerprint density at radius 3 is 2.62 bits per heavy atom. The van der Waals surface area contributed by atoms with Crippen molar-refractivity contribution < 1.29 is 9.53 Å². The van der Waals surface area contributed by atoms with Gasteiger partial charge >= 0.3 is 0 Å². The molecule has 2 rings (SSSR count). The first kappa shape index (κ1) is 11.3. The summed E-state index contributed by atoms with van der Waals surface area (Å²) in [5.74, 6) is 0.644. The zero-order chi connectivity index (χ0) is 11.7. The second-order valence-electron chi connectivity index (χ2n) is 4.16. The molecule has 1 fully saturated rings. The number of rotatable bonds is 3. The normalized spacial score (nSPS) is 14.7. The Morgan fingerprint density at radius 2 is 2.12 bits per heavy atom.